The molecule has 0 spiro atoms. The molecular weight excluding hydrogens is 348 g/mol. The number of aryl methyl sites for hydroxylation is 5. The molecule has 0 amide bonds. The van der Waals surface area contributed by atoms with E-state index in [9.17, 15) is 0 Å². The van der Waals surface area contributed by atoms with Gasteiger partial charge in [0, 0.05) is 0 Å². The molecule has 0 aliphatic carbocycles. The number of hydrogen-bond acceptors (Lipinski definition) is 0. The van der Waals surface area contributed by atoms with Crippen LogP contribution in [0.3, 0.4) is 0 Å². The van der Waals surface area contributed by atoms with Gasteiger partial charge in [-0.05, 0) is 112 Å². The van der Waals surface area contributed by atoms with E-state index in [4.69, 9.17) is 0 Å². The zero-order valence-corrected chi connectivity index (χ0v) is 17.9. The van der Waals surface area contributed by atoms with E-state index in [1.807, 2.05) is 0 Å². The van der Waals surface area contributed by atoms with Gasteiger partial charge in [0.15, 0.2) is 0 Å². The Balaban J connectivity index is 2.01. The highest BCUT2D eigenvalue weighted by Crippen LogP contribution is 2.41. The first-order valence-corrected chi connectivity index (χ1v) is 10.4. The lowest BCUT2D eigenvalue weighted by molar-refractivity contribution is 1.35. The number of rotatable bonds is 1. The second-order valence-electron chi connectivity index (χ2n) is 8.53. The van der Waals surface area contributed by atoms with Crippen LogP contribution < -0.4 is 0 Å². The van der Waals surface area contributed by atoms with Crippen molar-refractivity contribution >= 4 is 32.3 Å². The number of fused-ring (bicyclic) bond motifs is 3. The van der Waals surface area contributed by atoms with Gasteiger partial charge in [0.25, 0.3) is 0 Å². The van der Waals surface area contributed by atoms with Gasteiger partial charge in [-0.15, -0.1) is 0 Å². The molecule has 0 atom stereocenters. The summed E-state index contributed by atoms with van der Waals surface area (Å²) in [5.41, 5.74) is 9.44. The molecule has 0 radical (unpaired) electrons. The summed E-state index contributed by atoms with van der Waals surface area (Å²) in [5.74, 6) is 0. The molecule has 0 bridgehead atoms. The van der Waals surface area contributed by atoms with Gasteiger partial charge in [-0.25, -0.2) is 0 Å². The van der Waals surface area contributed by atoms with Gasteiger partial charge < -0.3 is 0 Å². The highest BCUT2D eigenvalue weighted by Gasteiger charge is 2.15. The minimum Gasteiger partial charge on any atom is -0.0616 e. The molecule has 5 aromatic carbocycles. The summed E-state index contributed by atoms with van der Waals surface area (Å²) in [6, 6.07) is 25.0. The zero-order valence-electron chi connectivity index (χ0n) is 17.9. The van der Waals surface area contributed by atoms with Crippen LogP contribution in [-0.2, 0) is 0 Å². The van der Waals surface area contributed by atoms with Gasteiger partial charge in [0.05, 0.1) is 0 Å². The molecule has 5 rings (SSSR count). The molecule has 0 nitrogen and oxygen atoms in total. The van der Waals surface area contributed by atoms with Crippen LogP contribution in [0.4, 0.5) is 0 Å². The Kier molecular flexibility index (Phi) is 3.99. The molecule has 142 valence electrons. The fourth-order valence-corrected chi connectivity index (χ4v) is 4.61. The van der Waals surface area contributed by atoms with Crippen molar-refractivity contribution in [2.75, 3.05) is 0 Å². The Bertz CT molecular complexity index is 1370. The van der Waals surface area contributed by atoms with Crippen molar-refractivity contribution in [3.05, 3.63) is 94.5 Å². The summed E-state index contributed by atoms with van der Waals surface area (Å²) in [5, 5.41) is 8.03. The molecule has 0 unspecified atom stereocenters. The standard InChI is InChI=1S/C29H26/c1-17-12-25-21(5)26-13-18(2)20(4)15-28(26)29(27(25)14-19(17)3)24-11-10-22-8-6-7-9-23(22)16-24/h6-16H,1-5H3. The molecule has 0 fully saturated rings. The Morgan fingerprint density at radius 1 is 0.448 bits per heavy atom. The third-order valence-corrected chi connectivity index (χ3v) is 6.65. The summed E-state index contributed by atoms with van der Waals surface area (Å²) in [6.07, 6.45) is 0. The van der Waals surface area contributed by atoms with E-state index < -0.39 is 0 Å². The van der Waals surface area contributed by atoms with Crippen LogP contribution in [0.15, 0.2) is 66.7 Å². The fourth-order valence-electron chi connectivity index (χ4n) is 4.61. The van der Waals surface area contributed by atoms with Crippen LogP contribution in [0, 0.1) is 34.6 Å². The molecule has 0 heterocycles. The Morgan fingerprint density at radius 3 is 1.48 bits per heavy atom. The molecule has 0 aliphatic rings. The van der Waals surface area contributed by atoms with E-state index in [1.165, 1.54) is 71.3 Å². The van der Waals surface area contributed by atoms with Gasteiger partial charge >= 0.3 is 0 Å². The lowest BCUT2D eigenvalue weighted by atomic mass is 9.85. The highest BCUT2D eigenvalue weighted by molar-refractivity contribution is 6.16. The molecular formula is C29H26. The molecule has 0 aliphatic heterocycles. The van der Waals surface area contributed by atoms with Crippen LogP contribution in [0.5, 0.6) is 0 Å². The zero-order chi connectivity index (χ0) is 20.3. The largest absolute Gasteiger partial charge is 0.0616 e. The average molecular weight is 375 g/mol. The van der Waals surface area contributed by atoms with Gasteiger partial charge in [0.1, 0.15) is 0 Å². The minimum atomic E-state index is 1.29. The number of benzene rings is 5. The van der Waals surface area contributed by atoms with E-state index in [2.05, 4.69) is 101 Å². The quantitative estimate of drug-likeness (QED) is 0.259. The monoisotopic (exact) mass is 374 g/mol. The van der Waals surface area contributed by atoms with E-state index >= 15 is 0 Å². The highest BCUT2D eigenvalue weighted by atomic mass is 14.2. The normalized spacial score (nSPS) is 11.6. The Labute approximate surface area is 172 Å². The van der Waals surface area contributed by atoms with Crippen molar-refractivity contribution < 1.29 is 0 Å². The first kappa shape index (κ1) is 17.9. The van der Waals surface area contributed by atoms with Crippen molar-refractivity contribution in [2.24, 2.45) is 0 Å². The lowest BCUT2D eigenvalue weighted by Crippen LogP contribution is -1.94. The average Bonchev–Trinajstić information content (AvgIpc) is 2.71. The predicted octanol–water partition coefficient (Wildman–Crippen LogP) is 8.36. The number of hydrogen-bond donors (Lipinski definition) is 0. The SMILES string of the molecule is Cc1cc2c(C)c3cc(C)c(C)cc3c(-c3ccc4ccccc4c3)c2cc1C. The molecule has 5 aromatic rings. The van der Waals surface area contributed by atoms with Crippen LogP contribution in [0.25, 0.3) is 43.4 Å². The van der Waals surface area contributed by atoms with Crippen LogP contribution >= 0.6 is 0 Å². The van der Waals surface area contributed by atoms with E-state index in [0.717, 1.165) is 0 Å². The van der Waals surface area contributed by atoms with E-state index in [1.54, 1.807) is 0 Å². The maximum atomic E-state index is 2.39. The van der Waals surface area contributed by atoms with Crippen LogP contribution in [0.2, 0.25) is 0 Å². The first-order valence-electron chi connectivity index (χ1n) is 10.4. The summed E-state index contributed by atoms with van der Waals surface area (Å²) < 4.78 is 0. The summed E-state index contributed by atoms with van der Waals surface area (Å²) in [6.45, 7) is 11.2. The second kappa shape index (κ2) is 6.46. The van der Waals surface area contributed by atoms with Crippen LogP contribution in [-0.4, -0.2) is 0 Å². The summed E-state index contributed by atoms with van der Waals surface area (Å²) in [4.78, 5) is 0. The second-order valence-corrected chi connectivity index (χ2v) is 8.53. The van der Waals surface area contributed by atoms with Crippen molar-refractivity contribution in [3.8, 4) is 11.1 Å². The van der Waals surface area contributed by atoms with E-state index in [0.29, 0.717) is 0 Å². The Morgan fingerprint density at radius 2 is 0.931 bits per heavy atom. The van der Waals surface area contributed by atoms with Crippen LogP contribution in [0.1, 0.15) is 27.8 Å². The first-order chi connectivity index (χ1) is 13.9. The molecule has 29 heavy (non-hydrogen) atoms. The summed E-state index contributed by atoms with van der Waals surface area (Å²) >= 11 is 0. The topological polar surface area (TPSA) is 0 Å². The predicted molar refractivity (Wildman–Crippen MR) is 128 cm³/mol. The third-order valence-electron chi connectivity index (χ3n) is 6.65. The maximum Gasteiger partial charge on any atom is -0.00262 e. The van der Waals surface area contributed by atoms with Crippen molar-refractivity contribution in [3.63, 3.8) is 0 Å². The Hall–Kier alpha value is -3.12. The van der Waals surface area contributed by atoms with Gasteiger partial charge in [-0.3, -0.25) is 0 Å². The fraction of sp³-hybridized carbons (Fsp3) is 0.172. The molecule has 0 saturated carbocycles. The summed E-state index contributed by atoms with van der Waals surface area (Å²) in [7, 11) is 0. The minimum absolute atomic E-state index is 1.29. The molecule has 0 aromatic heterocycles. The van der Waals surface area contributed by atoms with Gasteiger partial charge in [-0.1, -0.05) is 60.7 Å². The lowest BCUT2D eigenvalue weighted by Gasteiger charge is -2.18. The van der Waals surface area contributed by atoms with Gasteiger partial charge in [0.2, 0.25) is 0 Å². The van der Waals surface area contributed by atoms with Crippen molar-refractivity contribution in [1.82, 2.24) is 0 Å². The third kappa shape index (κ3) is 2.75. The smallest absolute Gasteiger partial charge is 0.00262 e. The maximum absolute atomic E-state index is 2.39. The van der Waals surface area contributed by atoms with E-state index in [-0.39, 0.29) is 0 Å². The molecule has 0 heteroatoms. The molecule has 0 N–H and O–H groups in total. The molecule has 0 saturated heterocycles. The van der Waals surface area contributed by atoms with Crippen molar-refractivity contribution in [1.29, 1.82) is 0 Å². The van der Waals surface area contributed by atoms with Crippen molar-refractivity contribution in [2.45, 2.75) is 34.6 Å². The van der Waals surface area contributed by atoms with Gasteiger partial charge in [-0.2, -0.15) is 0 Å².